The summed E-state index contributed by atoms with van der Waals surface area (Å²) in [5.74, 6) is 0.288. The van der Waals surface area contributed by atoms with E-state index in [0.29, 0.717) is 41.2 Å². The van der Waals surface area contributed by atoms with Gasteiger partial charge in [0.2, 0.25) is 0 Å². The van der Waals surface area contributed by atoms with Crippen LogP contribution in [0.2, 0.25) is 10.0 Å². The molecule has 3 rings (SSSR count). The van der Waals surface area contributed by atoms with Crippen LogP contribution in [0.1, 0.15) is 39.1 Å². The number of piperidine rings is 1. The SMILES string of the molecule is Cc1ccccc1C(=O)N1CCC(CNC(=O)c2ccc(Cl)c(Cl)c2)CC1. The first kappa shape index (κ1) is 19.7. The number of nitrogens with zero attached hydrogens (tertiary/aromatic N) is 1. The van der Waals surface area contributed by atoms with Crippen LogP contribution in [0.25, 0.3) is 0 Å². The highest BCUT2D eigenvalue weighted by molar-refractivity contribution is 6.42. The van der Waals surface area contributed by atoms with Gasteiger partial charge in [0.25, 0.3) is 11.8 Å². The Kier molecular flexibility index (Phi) is 6.40. The van der Waals surface area contributed by atoms with Crippen molar-refractivity contribution in [1.29, 1.82) is 0 Å². The van der Waals surface area contributed by atoms with E-state index in [2.05, 4.69) is 5.32 Å². The quantitative estimate of drug-likeness (QED) is 0.809. The average molecular weight is 405 g/mol. The maximum Gasteiger partial charge on any atom is 0.254 e. The number of hydrogen-bond acceptors (Lipinski definition) is 2. The molecule has 0 saturated carbocycles. The molecule has 142 valence electrons. The molecule has 0 atom stereocenters. The number of aryl methyl sites for hydroxylation is 1. The van der Waals surface area contributed by atoms with Crippen LogP contribution < -0.4 is 5.32 Å². The van der Waals surface area contributed by atoms with E-state index >= 15 is 0 Å². The van der Waals surface area contributed by atoms with E-state index < -0.39 is 0 Å². The van der Waals surface area contributed by atoms with Gasteiger partial charge in [-0.15, -0.1) is 0 Å². The van der Waals surface area contributed by atoms with E-state index in [-0.39, 0.29) is 11.8 Å². The normalized spacial score (nSPS) is 14.9. The Labute approximate surface area is 169 Å². The molecule has 2 amide bonds. The van der Waals surface area contributed by atoms with Gasteiger partial charge >= 0.3 is 0 Å². The van der Waals surface area contributed by atoms with Crippen molar-refractivity contribution in [2.75, 3.05) is 19.6 Å². The zero-order valence-corrected chi connectivity index (χ0v) is 16.7. The van der Waals surface area contributed by atoms with Crippen molar-refractivity contribution in [3.05, 3.63) is 69.2 Å². The first-order chi connectivity index (χ1) is 13.0. The van der Waals surface area contributed by atoms with Crippen molar-refractivity contribution in [3.63, 3.8) is 0 Å². The summed E-state index contributed by atoms with van der Waals surface area (Å²) < 4.78 is 0. The summed E-state index contributed by atoms with van der Waals surface area (Å²) in [6, 6.07) is 12.5. The Hall–Kier alpha value is -2.04. The van der Waals surface area contributed by atoms with Gasteiger partial charge in [0, 0.05) is 30.8 Å². The van der Waals surface area contributed by atoms with Crippen molar-refractivity contribution in [2.24, 2.45) is 5.92 Å². The molecule has 6 heteroatoms. The van der Waals surface area contributed by atoms with E-state index in [1.807, 2.05) is 36.1 Å². The molecule has 0 unspecified atom stereocenters. The first-order valence-corrected chi connectivity index (χ1v) is 9.79. The molecule has 2 aromatic rings. The lowest BCUT2D eigenvalue weighted by molar-refractivity contribution is 0.0683. The van der Waals surface area contributed by atoms with Gasteiger partial charge in [-0.25, -0.2) is 0 Å². The molecule has 1 N–H and O–H groups in total. The van der Waals surface area contributed by atoms with Crippen LogP contribution in [0.3, 0.4) is 0 Å². The van der Waals surface area contributed by atoms with E-state index in [1.165, 1.54) is 0 Å². The Morgan fingerprint density at radius 1 is 1.07 bits per heavy atom. The average Bonchev–Trinajstić information content (AvgIpc) is 2.68. The molecule has 0 spiro atoms. The third-order valence-corrected chi connectivity index (χ3v) is 5.75. The summed E-state index contributed by atoms with van der Waals surface area (Å²) in [4.78, 5) is 26.8. The van der Waals surface area contributed by atoms with Gasteiger partial charge in [-0.05, 0) is 55.5 Å². The van der Waals surface area contributed by atoms with Crippen LogP contribution >= 0.6 is 23.2 Å². The minimum atomic E-state index is -0.160. The molecule has 0 bridgehead atoms. The van der Waals surface area contributed by atoms with Crippen molar-refractivity contribution >= 4 is 35.0 Å². The number of amides is 2. The zero-order valence-electron chi connectivity index (χ0n) is 15.2. The molecule has 1 aliphatic rings. The highest BCUT2D eigenvalue weighted by Crippen LogP contribution is 2.23. The number of carbonyl (C=O) groups is 2. The maximum absolute atomic E-state index is 12.7. The van der Waals surface area contributed by atoms with Gasteiger partial charge in [0.15, 0.2) is 0 Å². The molecule has 0 aromatic heterocycles. The number of hydrogen-bond donors (Lipinski definition) is 1. The van der Waals surface area contributed by atoms with Crippen LogP contribution in [0.15, 0.2) is 42.5 Å². The Morgan fingerprint density at radius 2 is 1.78 bits per heavy atom. The maximum atomic E-state index is 12.7. The third kappa shape index (κ3) is 4.82. The first-order valence-electron chi connectivity index (χ1n) is 9.04. The monoisotopic (exact) mass is 404 g/mol. The van der Waals surface area contributed by atoms with Gasteiger partial charge in [-0.1, -0.05) is 41.4 Å². The third-order valence-electron chi connectivity index (χ3n) is 5.01. The molecule has 2 aromatic carbocycles. The van der Waals surface area contributed by atoms with Gasteiger partial charge in [-0.3, -0.25) is 9.59 Å². The predicted molar refractivity (Wildman–Crippen MR) is 109 cm³/mol. The fourth-order valence-electron chi connectivity index (χ4n) is 3.30. The summed E-state index contributed by atoms with van der Waals surface area (Å²) >= 11 is 11.8. The molecular formula is C21H22Cl2N2O2. The zero-order chi connectivity index (χ0) is 19.4. The molecule has 0 aliphatic carbocycles. The smallest absolute Gasteiger partial charge is 0.254 e. The minimum Gasteiger partial charge on any atom is -0.352 e. The highest BCUT2D eigenvalue weighted by atomic mass is 35.5. The highest BCUT2D eigenvalue weighted by Gasteiger charge is 2.24. The molecule has 1 heterocycles. The summed E-state index contributed by atoms with van der Waals surface area (Å²) in [7, 11) is 0. The van der Waals surface area contributed by atoms with E-state index in [9.17, 15) is 9.59 Å². The topological polar surface area (TPSA) is 49.4 Å². The Morgan fingerprint density at radius 3 is 2.44 bits per heavy atom. The second kappa shape index (κ2) is 8.77. The predicted octanol–water partition coefficient (Wildman–Crippen LogP) is 4.58. The van der Waals surface area contributed by atoms with E-state index in [0.717, 1.165) is 24.0 Å². The van der Waals surface area contributed by atoms with Crippen LogP contribution in [-0.2, 0) is 0 Å². The van der Waals surface area contributed by atoms with Crippen LogP contribution in [0.5, 0.6) is 0 Å². The van der Waals surface area contributed by atoms with Gasteiger partial charge < -0.3 is 10.2 Å². The number of carbonyl (C=O) groups excluding carboxylic acids is 2. The van der Waals surface area contributed by atoms with Crippen molar-refractivity contribution < 1.29 is 9.59 Å². The van der Waals surface area contributed by atoms with E-state index in [1.54, 1.807) is 18.2 Å². The van der Waals surface area contributed by atoms with Gasteiger partial charge in [0.1, 0.15) is 0 Å². The fourth-order valence-corrected chi connectivity index (χ4v) is 3.60. The molecule has 4 nitrogen and oxygen atoms in total. The van der Waals surface area contributed by atoms with Crippen LogP contribution in [0, 0.1) is 12.8 Å². The minimum absolute atomic E-state index is 0.0893. The summed E-state index contributed by atoms with van der Waals surface area (Å²) in [6.07, 6.45) is 1.75. The Bertz CT molecular complexity index is 846. The lowest BCUT2D eigenvalue weighted by Gasteiger charge is -2.32. The largest absolute Gasteiger partial charge is 0.352 e. The van der Waals surface area contributed by atoms with Crippen LogP contribution in [-0.4, -0.2) is 36.3 Å². The summed E-state index contributed by atoms with van der Waals surface area (Å²) in [6.45, 7) is 3.96. The van der Waals surface area contributed by atoms with Crippen molar-refractivity contribution in [1.82, 2.24) is 10.2 Å². The molecule has 27 heavy (non-hydrogen) atoms. The molecule has 0 radical (unpaired) electrons. The van der Waals surface area contributed by atoms with Crippen molar-refractivity contribution in [3.8, 4) is 0 Å². The molecule has 1 saturated heterocycles. The standard InChI is InChI=1S/C21H22Cl2N2O2/c1-14-4-2-3-5-17(14)21(27)25-10-8-15(9-11-25)13-24-20(26)16-6-7-18(22)19(23)12-16/h2-7,12,15H,8-11,13H2,1H3,(H,24,26). The second-order valence-corrected chi connectivity index (χ2v) is 7.70. The number of benzene rings is 2. The number of likely N-dealkylation sites (tertiary alicyclic amines) is 1. The molecule has 1 fully saturated rings. The lowest BCUT2D eigenvalue weighted by atomic mass is 9.95. The summed E-state index contributed by atoms with van der Waals surface area (Å²) in [5.41, 5.74) is 2.26. The van der Waals surface area contributed by atoms with E-state index in [4.69, 9.17) is 23.2 Å². The lowest BCUT2D eigenvalue weighted by Crippen LogP contribution is -2.41. The summed E-state index contributed by atoms with van der Waals surface area (Å²) in [5, 5.41) is 3.75. The van der Waals surface area contributed by atoms with Gasteiger partial charge in [-0.2, -0.15) is 0 Å². The number of rotatable bonds is 4. The second-order valence-electron chi connectivity index (χ2n) is 6.89. The van der Waals surface area contributed by atoms with Crippen LogP contribution in [0.4, 0.5) is 0 Å². The molecule has 1 aliphatic heterocycles. The fraction of sp³-hybridized carbons (Fsp3) is 0.333. The van der Waals surface area contributed by atoms with Gasteiger partial charge in [0.05, 0.1) is 10.0 Å². The molecular weight excluding hydrogens is 383 g/mol. The van der Waals surface area contributed by atoms with Crippen molar-refractivity contribution in [2.45, 2.75) is 19.8 Å². The number of halogens is 2. The Balaban J connectivity index is 1.49. The number of nitrogens with one attached hydrogen (secondary N) is 1.